The second-order valence-corrected chi connectivity index (χ2v) is 24.1. The highest BCUT2D eigenvalue weighted by atomic mass is 32.1. The molecule has 20 heteroatoms. The van der Waals surface area contributed by atoms with Crippen LogP contribution in [0.4, 0.5) is 14.6 Å². The number of thiazole rings is 1. The maximum absolute atomic E-state index is 17.2. The Balaban J connectivity index is 0.787. The first-order valence-corrected chi connectivity index (χ1v) is 28.4. The minimum atomic E-state index is -0.927. The van der Waals surface area contributed by atoms with Gasteiger partial charge in [-0.05, 0) is 92.6 Å². The van der Waals surface area contributed by atoms with Crippen LogP contribution < -0.4 is 20.3 Å². The van der Waals surface area contributed by atoms with Crippen molar-refractivity contribution in [3.63, 3.8) is 0 Å². The lowest BCUT2D eigenvalue weighted by molar-refractivity contribution is -0.152. The second kappa shape index (κ2) is 22.0. The van der Waals surface area contributed by atoms with E-state index in [0.29, 0.717) is 68.5 Å². The molecule has 79 heavy (non-hydrogen) atoms. The van der Waals surface area contributed by atoms with Crippen LogP contribution in [-0.2, 0) is 14.4 Å². The Morgan fingerprint density at radius 1 is 1.03 bits per heavy atom. The van der Waals surface area contributed by atoms with E-state index in [1.54, 1.807) is 22.3 Å². The molecule has 3 amide bonds. The number of ether oxygens (including phenoxy) is 1. The van der Waals surface area contributed by atoms with E-state index in [1.165, 1.54) is 35.4 Å². The zero-order valence-corrected chi connectivity index (χ0v) is 46.0. The van der Waals surface area contributed by atoms with Crippen LogP contribution in [-0.4, -0.2) is 150 Å². The summed E-state index contributed by atoms with van der Waals surface area (Å²) < 4.78 is 39.0. The zero-order chi connectivity index (χ0) is 55.4. The van der Waals surface area contributed by atoms with Gasteiger partial charge in [0.25, 0.3) is 0 Å². The third-order valence-electron chi connectivity index (χ3n) is 16.8. The van der Waals surface area contributed by atoms with Gasteiger partial charge in [-0.1, -0.05) is 57.2 Å². The fraction of sp³-hybridized carbons (Fsp3) is 0.492. The van der Waals surface area contributed by atoms with E-state index in [1.807, 2.05) is 64.4 Å². The van der Waals surface area contributed by atoms with Crippen molar-refractivity contribution in [3.8, 4) is 33.5 Å². The lowest BCUT2D eigenvalue weighted by atomic mass is 9.83. The molecule has 9 atom stereocenters. The number of halogens is 2. The predicted molar refractivity (Wildman–Crippen MR) is 297 cm³/mol. The van der Waals surface area contributed by atoms with E-state index in [4.69, 9.17) is 16.3 Å². The van der Waals surface area contributed by atoms with Gasteiger partial charge in [0.2, 0.25) is 23.8 Å². The number of pyridine rings is 1. The molecule has 0 aliphatic carbocycles. The third-order valence-corrected chi connectivity index (χ3v) is 17.8. The number of phenolic OH excluding ortho intramolecular Hbond substituents is 1. The first-order chi connectivity index (χ1) is 37.9. The van der Waals surface area contributed by atoms with Crippen molar-refractivity contribution in [1.29, 1.82) is 0 Å². The van der Waals surface area contributed by atoms with Crippen molar-refractivity contribution >= 4 is 56.6 Å². The average Bonchev–Trinajstić information content (AvgIpc) is 4.41. The molecule has 11 rings (SSSR count). The van der Waals surface area contributed by atoms with Crippen LogP contribution in [0.25, 0.3) is 48.2 Å². The topological polar surface area (TPSA) is 194 Å². The number of carbonyl (C=O) groups is 3. The van der Waals surface area contributed by atoms with Gasteiger partial charge in [-0.3, -0.25) is 24.3 Å². The number of rotatable bonds is 15. The maximum Gasteiger partial charge on any atom is 0.319 e. The Bertz CT molecular complexity index is 3340. The number of carbonyl (C=O) groups excluding carboxylic acids is 3. The summed E-state index contributed by atoms with van der Waals surface area (Å²) in [5, 5.41) is 29.2. The highest BCUT2D eigenvalue weighted by Gasteiger charge is 2.50. The summed E-state index contributed by atoms with van der Waals surface area (Å²) in [6.07, 6.45) is 5.33. The monoisotopic (exact) mass is 1100 g/mol. The van der Waals surface area contributed by atoms with Crippen LogP contribution in [0.15, 0.2) is 66.3 Å². The van der Waals surface area contributed by atoms with Crippen molar-refractivity contribution in [2.45, 2.75) is 140 Å². The van der Waals surface area contributed by atoms with Crippen molar-refractivity contribution in [2.75, 3.05) is 44.2 Å². The lowest BCUT2D eigenvalue weighted by Gasteiger charge is -2.43. The molecule has 5 aliphatic rings. The number of aryl methyl sites for hydroxylation is 1. The van der Waals surface area contributed by atoms with E-state index in [9.17, 15) is 24.6 Å². The number of piperazine rings is 1. The fourth-order valence-corrected chi connectivity index (χ4v) is 13.7. The van der Waals surface area contributed by atoms with Crippen LogP contribution >= 0.6 is 11.3 Å². The molecule has 2 unspecified atom stereocenters. The summed E-state index contributed by atoms with van der Waals surface area (Å²) in [5.41, 5.74) is 3.81. The van der Waals surface area contributed by atoms with Gasteiger partial charge in [0.1, 0.15) is 53.3 Å². The van der Waals surface area contributed by atoms with Gasteiger partial charge in [0.05, 0.1) is 33.6 Å². The standard InChI is InChI=1S/C59H67F2N11O6S/c1-32(34-12-14-35(15-13-34)53-33(2)64-31-79-53)65-56(76)46-25-41(74)29-71(46)57(77)54(59(3,4)5)72-39(18-19-48(72)75)10-8-21-69-22-20-45(62-6)47(69)30-78-58-67-52-43(55(68-58)70-27-37-16-17-38(28-70)66-37)26-63-51(50(52)61)42-24-40(73)23-36-9-7-11-44(60)49(36)42/h7,9,11-15,23-24,26,31-32,37-39,41,45-47,54,66,73-74H,8,10,16-22,25,27-30H2,1-5H3,(H,65,76)/t32-,37?,38?,39-,41+,45-,46-,47+,54+/m0/s1. The number of benzene rings is 3. The molecule has 5 fully saturated rings. The highest BCUT2D eigenvalue weighted by molar-refractivity contribution is 7.13. The molecular formula is C59H67F2N11O6S. The van der Waals surface area contributed by atoms with Crippen LogP contribution in [0.1, 0.15) is 96.4 Å². The van der Waals surface area contributed by atoms with Crippen LogP contribution in [0.2, 0.25) is 0 Å². The number of amides is 3. The fourth-order valence-electron chi connectivity index (χ4n) is 12.9. The normalized spacial score (nSPS) is 24.2. The zero-order valence-electron chi connectivity index (χ0n) is 45.2. The predicted octanol–water partition coefficient (Wildman–Crippen LogP) is 7.97. The summed E-state index contributed by atoms with van der Waals surface area (Å²) >= 11 is 1.57. The summed E-state index contributed by atoms with van der Waals surface area (Å²) in [5.74, 6) is -1.98. The second-order valence-electron chi connectivity index (χ2n) is 23.2. The number of hydrogen-bond donors (Lipinski definition) is 4. The van der Waals surface area contributed by atoms with Crippen LogP contribution in [0.3, 0.4) is 0 Å². The van der Waals surface area contributed by atoms with Crippen molar-refractivity contribution < 1.29 is 38.1 Å². The molecule has 2 bridgehead atoms. The number of anilines is 1. The number of aromatic nitrogens is 4. The van der Waals surface area contributed by atoms with E-state index in [0.717, 1.165) is 34.5 Å². The molecular weight excluding hydrogens is 1030 g/mol. The van der Waals surface area contributed by atoms with Gasteiger partial charge in [0, 0.05) is 80.7 Å². The van der Waals surface area contributed by atoms with E-state index < -0.39 is 41.3 Å². The minimum Gasteiger partial charge on any atom is -0.508 e. The number of β-amino-alcohol motifs (C(OH)–C–C–N with tert-alkyl or cyclic N) is 1. The number of fused-ring (bicyclic) bond motifs is 4. The third kappa shape index (κ3) is 10.7. The Hall–Kier alpha value is -6.92. The quantitative estimate of drug-likeness (QED) is 0.0725. The molecule has 414 valence electrons. The number of phenols is 1. The summed E-state index contributed by atoms with van der Waals surface area (Å²) in [6.45, 7) is 20.3. The number of nitrogens with zero attached hydrogens (tertiary/aromatic N) is 9. The van der Waals surface area contributed by atoms with Crippen LogP contribution in [0.5, 0.6) is 11.8 Å². The number of aliphatic hydroxyl groups is 1. The molecule has 5 saturated heterocycles. The Kier molecular flexibility index (Phi) is 15.0. The molecule has 17 nitrogen and oxygen atoms in total. The summed E-state index contributed by atoms with van der Waals surface area (Å²) in [6, 6.07) is 12.3. The first-order valence-electron chi connectivity index (χ1n) is 27.6. The number of likely N-dealkylation sites (tertiary alicyclic amines) is 3. The molecule has 3 aromatic heterocycles. The Morgan fingerprint density at radius 3 is 2.52 bits per heavy atom. The molecule has 0 spiro atoms. The number of hydrogen-bond acceptors (Lipinski definition) is 14. The average molecular weight is 1100 g/mol. The molecule has 3 aromatic carbocycles. The van der Waals surface area contributed by atoms with Gasteiger partial charge in [-0.25, -0.2) is 20.3 Å². The summed E-state index contributed by atoms with van der Waals surface area (Å²) in [4.78, 5) is 74.1. The van der Waals surface area contributed by atoms with Crippen molar-refractivity contribution in [3.05, 3.63) is 101 Å². The molecule has 0 saturated carbocycles. The van der Waals surface area contributed by atoms with Gasteiger partial charge in [-0.2, -0.15) is 9.97 Å². The Labute approximate surface area is 462 Å². The number of nitrogens with one attached hydrogen (secondary N) is 2. The van der Waals surface area contributed by atoms with Gasteiger partial charge < -0.3 is 45.1 Å². The lowest BCUT2D eigenvalue weighted by Crippen LogP contribution is -2.59. The SMILES string of the molecule is [C-]#[N+][C@H]1CCN(CCC[C@H]2CCC(=O)N2[C@H](C(=O)N2C[C@H](O)C[C@H]2C(=O)N[C@@H](C)c2ccc(-c3scnc3C)cc2)C(C)(C)C)[C@@H]1COc1nc(N2CC3CCC(C2)N3)c2cnc(-c3cc(O)cc4cccc(F)c34)c(F)c2n1. The molecule has 5 aliphatic heterocycles. The molecule has 0 radical (unpaired) electrons. The number of aliphatic hydroxyl groups excluding tert-OH is 1. The first kappa shape index (κ1) is 54.1. The molecule has 6 aromatic rings. The summed E-state index contributed by atoms with van der Waals surface area (Å²) in [7, 11) is 0. The van der Waals surface area contributed by atoms with Gasteiger partial charge in [-0.15, -0.1) is 11.3 Å². The Morgan fingerprint density at radius 2 is 1.80 bits per heavy atom. The largest absolute Gasteiger partial charge is 0.508 e. The smallest absolute Gasteiger partial charge is 0.319 e. The van der Waals surface area contributed by atoms with Gasteiger partial charge in [0.15, 0.2) is 5.82 Å². The van der Waals surface area contributed by atoms with Gasteiger partial charge >= 0.3 is 6.01 Å². The van der Waals surface area contributed by atoms with E-state index >= 15 is 8.78 Å². The number of aromatic hydroxyl groups is 1. The molecule has 8 heterocycles. The minimum absolute atomic E-state index is 0.0265. The maximum atomic E-state index is 17.2. The van der Waals surface area contributed by atoms with E-state index in [-0.39, 0.29) is 108 Å². The van der Waals surface area contributed by atoms with Crippen LogP contribution in [0, 0.1) is 30.5 Å². The highest BCUT2D eigenvalue weighted by Crippen LogP contribution is 2.40. The molecule has 4 N–H and O–H groups in total. The van der Waals surface area contributed by atoms with Crippen molar-refractivity contribution in [2.24, 2.45) is 5.41 Å². The van der Waals surface area contributed by atoms with E-state index in [2.05, 4.69) is 40.2 Å². The van der Waals surface area contributed by atoms with Crippen molar-refractivity contribution in [1.82, 2.24) is 45.3 Å².